The van der Waals surface area contributed by atoms with E-state index in [-0.39, 0.29) is 11.5 Å². The molecule has 7 heteroatoms. The van der Waals surface area contributed by atoms with Gasteiger partial charge in [0, 0.05) is 11.6 Å². The second-order valence-electron chi connectivity index (χ2n) is 4.66. The Balaban J connectivity index is 2.81. The van der Waals surface area contributed by atoms with Gasteiger partial charge in [-0.1, -0.05) is 13.8 Å². The Morgan fingerprint density at radius 2 is 1.70 bits per heavy atom. The predicted molar refractivity (Wildman–Crippen MR) is 64.4 cm³/mol. The highest BCUT2D eigenvalue weighted by Crippen LogP contribution is 2.14. The van der Waals surface area contributed by atoms with Crippen molar-refractivity contribution in [3.8, 4) is 0 Å². The molecular weight excluding hydrogens is 275 g/mol. The van der Waals surface area contributed by atoms with Gasteiger partial charge in [0.1, 0.15) is 11.9 Å². The third-order valence-corrected chi connectivity index (χ3v) is 2.69. The highest BCUT2D eigenvalue weighted by Gasteiger charge is 2.24. The average molecular weight is 289 g/mol. The van der Waals surface area contributed by atoms with Crippen LogP contribution in [0.4, 0.5) is 13.2 Å². The molecule has 4 nitrogen and oxygen atoms in total. The number of carbonyl (C=O) groups is 2. The zero-order valence-corrected chi connectivity index (χ0v) is 10.9. The second kappa shape index (κ2) is 6.40. The number of nitrogens with one attached hydrogen (secondary N) is 1. The van der Waals surface area contributed by atoms with Crippen LogP contribution in [-0.4, -0.2) is 23.0 Å². The van der Waals surface area contributed by atoms with Crippen molar-refractivity contribution >= 4 is 11.9 Å². The number of rotatable bonds is 5. The second-order valence-corrected chi connectivity index (χ2v) is 4.66. The molecule has 1 amide bonds. The molecule has 1 aromatic carbocycles. The molecule has 0 bridgehead atoms. The number of hydrogen-bond acceptors (Lipinski definition) is 2. The van der Waals surface area contributed by atoms with Crippen LogP contribution in [0.5, 0.6) is 0 Å². The number of carboxylic acids is 1. The SMILES string of the molecule is CC(C)[C@@H](NC(=O)Cc1cc(F)c(F)cc1F)C(=O)O. The molecule has 0 heterocycles. The minimum absolute atomic E-state index is 0.339. The summed E-state index contributed by atoms with van der Waals surface area (Å²) < 4.78 is 39.0. The summed E-state index contributed by atoms with van der Waals surface area (Å²) in [5.74, 6) is -6.05. The molecular formula is C13H14F3NO3. The van der Waals surface area contributed by atoms with Crippen LogP contribution in [0, 0.1) is 23.4 Å². The third kappa shape index (κ3) is 3.97. The standard InChI is InChI=1S/C13H14F3NO3/c1-6(2)12(13(19)20)17-11(18)4-7-3-9(15)10(16)5-8(7)14/h3,5-6,12H,4H2,1-2H3,(H,17,18)(H,19,20)/t12-/m1/s1. The summed E-state index contributed by atoms with van der Waals surface area (Å²) in [5, 5.41) is 11.1. The molecule has 1 aromatic rings. The maximum Gasteiger partial charge on any atom is 0.326 e. The molecule has 1 atom stereocenters. The van der Waals surface area contributed by atoms with Crippen LogP contribution in [0.3, 0.4) is 0 Å². The van der Waals surface area contributed by atoms with Gasteiger partial charge in [-0.05, 0) is 12.0 Å². The molecule has 0 aliphatic rings. The normalized spacial score (nSPS) is 12.3. The van der Waals surface area contributed by atoms with Crippen LogP contribution in [0.15, 0.2) is 12.1 Å². The van der Waals surface area contributed by atoms with Gasteiger partial charge in [-0.2, -0.15) is 0 Å². The predicted octanol–water partition coefficient (Wildman–Crippen LogP) is 1.87. The molecule has 0 unspecified atom stereocenters. The molecule has 20 heavy (non-hydrogen) atoms. The lowest BCUT2D eigenvalue weighted by Gasteiger charge is -2.18. The lowest BCUT2D eigenvalue weighted by molar-refractivity contribution is -0.143. The topological polar surface area (TPSA) is 66.4 Å². The van der Waals surface area contributed by atoms with Crippen molar-refractivity contribution in [3.05, 3.63) is 35.1 Å². The van der Waals surface area contributed by atoms with Crippen LogP contribution < -0.4 is 5.32 Å². The number of benzene rings is 1. The fourth-order valence-corrected chi connectivity index (χ4v) is 1.61. The number of hydrogen-bond donors (Lipinski definition) is 2. The maximum absolute atomic E-state index is 13.3. The Hall–Kier alpha value is -2.05. The van der Waals surface area contributed by atoms with E-state index in [1.807, 2.05) is 0 Å². The molecule has 0 radical (unpaired) electrons. The van der Waals surface area contributed by atoms with Crippen LogP contribution in [0.1, 0.15) is 19.4 Å². The van der Waals surface area contributed by atoms with Gasteiger partial charge >= 0.3 is 5.97 Å². The van der Waals surface area contributed by atoms with E-state index in [2.05, 4.69) is 5.32 Å². The summed E-state index contributed by atoms with van der Waals surface area (Å²) in [7, 11) is 0. The van der Waals surface area contributed by atoms with E-state index in [1.165, 1.54) is 0 Å². The van der Waals surface area contributed by atoms with E-state index in [0.29, 0.717) is 12.1 Å². The molecule has 0 spiro atoms. The molecule has 0 aliphatic carbocycles. The molecule has 1 rings (SSSR count). The van der Waals surface area contributed by atoms with Gasteiger partial charge in [0.05, 0.1) is 6.42 Å². The van der Waals surface area contributed by atoms with Gasteiger partial charge in [-0.3, -0.25) is 4.79 Å². The van der Waals surface area contributed by atoms with E-state index >= 15 is 0 Å². The Morgan fingerprint density at radius 1 is 1.15 bits per heavy atom. The van der Waals surface area contributed by atoms with Crippen LogP contribution >= 0.6 is 0 Å². The number of aliphatic carboxylic acids is 1. The van der Waals surface area contributed by atoms with Crippen molar-refractivity contribution in [1.82, 2.24) is 5.32 Å². The van der Waals surface area contributed by atoms with E-state index in [4.69, 9.17) is 5.11 Å². The van der Waals surface area contributed by atoms with Gasteiger partial charge in [0.2, 0.25) is 5.91 Å². The summed E-state index contributed by atoms with van der Waals surface area (Å²) in [4.78, 5) is 22.5. The summed E-state index contributed by atoms with van der Waals surface area (Å²) in [6.45, 7) is 3.19. The van der Waals surface area contributed by atoms with Gasteiger partial charge in [0.15, 0.2) is 11.6 Å². The Morgan fingerprint density at radius 3 is 2.20 bits per heavy atom. The fraction of sp³-hybridized carbons (Fsp3) is 0.385. The first-order chi connectivity index (χ1) is 9.22. The fourth-order valence-electron chi connectivity index (χ4n) is 1.61. The molecule has 0 saturated heterocycles. The van der Waals surface area contributed by atoms with E-state index < -0.39 is 41.8 Å². The van der Waals surface area contributed by atoms with Crippen molar-refractivity contribution in [2.45, 2.75) is 26.3 Å². The quantitative estimate of drug-likeness (QED) is 0.813. The number of amides is 1. The molecule has 0 aliphatic heterocycles. The van der Waals surface area contributed by atoms with E-state index in [0.717, 1.165) is 0 Å². The summed E-state index contributed by atoms with van der Waals surface area (Å²) >= 11 is 0. The number of carboxylic acid groups (broad SMARTS) is 1. The molecule has 2 N–H and O–H groups in total. The summed E-state index contributed by atoms with van der Waals surface area (Å²) in [6, 6.07) is -0.208. The first-order valence-electron chi connectivity index (χ1n) is 5.88. The zero-order chi connectivity index (χ0) is 15.4. The summed E-state index contributed by atoms with van der Waals surface area (Å²) in [5.41, 5.74) is -0.339. The van der Waals surface area contributed by atoms with Gasteiger partial charge in [0.25, 0.3) is 0 Å². The van der Waals surface area contributed by atoms with Gasteiger partial charge in [-0.25, -0.2) is 18.0 Å². The van der Waals surface area contributed by atoms with Crippen LogP contribution in [-0.2, 0) is 16.0 Å². The van der Waals surface area contributed by atoms with Gasteiger partial charge < -0.3 is 10.4 Å². The third-order valence-electron chi connectivity index (χ3n) is 2.69. The minimum Gasteiger partial charge on any atom is -0.480 e. The van der Waals surface area contributed by atoms with Crippen molar-refractivity contribution < 1.29 is 27.9 Å². The average Bonchev–Trinajstić information content (AvgIpc) is 2.32. The van der Waals surface area contributed by atoms with Crippen molar-refractivity contribution in [2.24, 2.45) is 5.92 Å². The molecule has 0 saturated carbocycles. The maximum atomic E-state index is 13.3. The summed E-state index contributed by atoms with van der Waals surface area (Å²) in [6.07, 6.45) is -0.570. The smallest absolute Gasteiger partial charge is 0.326 e. The Bertz CT molecular complexity index is 532. The van der Waals surface area contributed by atoms with Crippen molar-refractivity contribution in [2.75, 3.05) is 0 Å². The Kier molecular flexibility index (Phi) is 5.12. The van der Waals surface area contributed by atoms with E-state index in [1.54, 1.807) is 13.8 Å². The number of carbonyl (C=O) groups excluding carboxylic acids is 1. The highest BCUT2D eigenvalue weighted by molar-refractivity contribution is 5.85. The first-order valence-corrected chi connectivity index (χ1v) is 5.88. The largest absolute Gasteiger partial charge is 0.480 e. The molecule has 0 aromatic heterocycles. The minimum atomic E-state index is -1.35. The zero-order valence-electron chi connectivity index (χ0n) is 10.9. The van der Waals surface area contributed by atoms with Crippen LogP contribution in [0.25, 0.3) is 0 Å². The Labute approximate surface area is 113 Å². The lowest BCUT2D eigenvalue weighted by atomic mass is 10.0. The van der Waals surface area contributed by atoms with Crippen molar-refractivity contribution in [1.29, 1.82) is 0 Å². The first kappa shape index (κ1) is 16.0. The monoisotopic (exact) mass is 289 g/mol. The van der Waals surface area contributed by atoms with Crippen LogP contribution in [0.2, 0.25) is 0 Å². The van der Waals surface area contributed by atoms with E-state index in [9.17, 15) is 22.8 Å². The van der Waals surface area contributed by atoms with Crippen molar-refractivity contribution in [3.63, 3.8) is 0 Å². The highest BCUT2D eigenvalue weighted by atomic mass is 19.2. The molecule has 0 fully saturated rings. The molecule has 110 valence electrons. The lowest BCUT2D eigenvalue weighted by Crippen LogP contribution is -2.45. The number of halogens is 3. The van der Waals surface area contributed by atoms with Gasteiger partial charge in [-0.15, -0.1) is 0 Å².